The molecule has 0 unspecified atom stereocenters. The van der Waals surface area contributed by atoms with Crippen LogP contribution in [0, 0.1) is 0 Å². The van der Waals surface area contributed by atoms with Crippen LogP contribution in [0.3, 0.4) is 0 Å². The van der Waals surface area contributed by atoms with Crippen molar-refractivity contribution in [1.29, 1.82) is 0 Å². The second-order valence-corrected chi connectivity index (χ2v) is 4.66. The molecule has 0 aliphatic heterocycles. The lowest BCUT2D eigenvalue weighted by Gasteiger charge is -2.18. The Kier molecular flexibility index (Phi) is 3.95. The number of ether oxygens (including phenoxy) is 2. The van der Waals surface area contributed by atoms with Crippen LogP contribution in [0.25, 0.3) is 0 Å². The van der Waals surface area contributed by atoms with Gasteiger partial charge in [0.05, 0.1) is 7.11 Å². The van der Waals surface area contributed by atoms with E-state index in [-0.39, 0.29) is 11.5 Å². The Balaban J connectivity index is 2.75. The summed E-state index contributed by atoms with van der Waals surface area (Å²) < 4.78 is 11.0. The quantitative estimate of drug-likeness (QED) is 0.811. The molecule has 100 valence electrons. The number of methoxy groups -OCH3 is 1. The van der Waals surface area contributed by atoms with Gasteiger partial charge >= 0.3 is 12.1 Å². The molecule has 0 aliphatic carbocycles. The van der Waals surface area contributed by atoms with E-state index in [0.717, 1.165) is 0 Å². The van der Waals surface area contributed by atoms with Gasteiger partial charge in [-0.25, -0.2) is 9.59 Å². The first kappa shape index (κ1) is 14.0. The molecule has 7 heteroatoms. The summed E-state index contributed by atoms with van der Waals surface area (Å²) in [5, 5.41) is 6.39. The molecule has 1 rings (SSSR count). The number of hydrogen-bond donors (Lipinski definition) is 1. The highest BCUT2D eigenvalue weighted by Gasteiger charge is 2.19. The minimum absolute atomic E-state index is 0.229. The van der Waals surface area contributed by atoms with E-state index in [4.69, 9.17) is 4.74 Å². The van der Waals surface area contributed by atoms with E-state index >= 15 is 0 Å². The van der Waals surface area contributed by atoms with Gasteiger partial charge in [0.15, 0.2) is 5.82 Å². The van der Waals surface area contributed by atoms with Gasteiger partial charge in [-0.05, 0) is 20.8 Å². The molecule has 1 amide bonds. The molecule has 0 radical (unpaired) electrons. The molecule has 0 spiro atoms. The molecule has 0 saturated carbocycles. The topological polar surface area (TPSA) is 82.4 Å². The number of aromatic nitrogens is 2. The number of aryl methyl sites for hydroxylation is 1. The first-order chi connectivity index (χ1) is 8.23. The maximum Gasteiger partial charge on any atom is 0.413 e. The molecule has 18 heavy (non-hydrogen) atoms. The van der Waals surface area contributed by atoms with Gasteiger partial charge in [-0.15, -0.1) is 0 Å². The third kappa shape index (κ3) is 3.76. The summed E-state index contributed by atoms with van der Waals surface area (Å²) in [5.41, 5.74) is -0.354. The lowest BCUT2D eigenvalue weighted by atomic mass is 10.2. The Labute approximate surface area is 105 Å². The number of carbonyl (C=O) groups is 2. The molecular formula is C11H17N3O4. The molecule has 0 fully saturated rings. The number of amides is 1. The zero-order chi connectivity index (χ0) is 13.9. The van der Waals surface area contributed by atoms with Crippen LogP contribution in [0.15, 0.2) is 6.07 Å². The van der Waals surface area contributed by atoms with Crippen molar-refractivity contribution in [3.8, 4) is 0 Å². The van der Waals surface area contributed by atoms with Gasteiger partial charge in [0.1, 0.15) is 11.3 Å². The predicted octanol–water partition coefficient (Wildman–Crippen LogP) is 1.55. The molecule has 1 aromatic heterocycles. The summed E-state index contributed by atoms with van der Waals surface area (Å²) in [6.45, 7) is 5.26. The van der Waals surface area contributed by atoms with Crippen molar-refractivity contribution in [2.24, 2.45) is 7.05 Å². The normalized spacial score (nSPS) is 10.9. The van der Waals surface area contributed by atoms with E-state index in [1.807, 2.05) is 0 Å². The van der Waals surface area contributed by atoms with Crippen molar-refractivity contribution >= 4 is 17.9 Å². The van der Waals surface area contributed by atoms with E-state index < -0.39 is 17.7 Å². The van der Waals surface area contributed by atoms with Crippen molar-refractivity contribution < 1.29 is 19.1 Å². The van der Waals surface area contributed by atoms with Crippen molar-refractivity contribution in [1.82, 2.24) is 9.78 Å². The Hall–Kier alpha value is -2.05. The second kappa shape index (κ2) is 5.07. The van der Waals surface area contributed by atoms with E-state index in [1.165, 1.54) is 17.9 Å². The summed E-state index contributed by atoms with van der Waals surface area (Å²) >= 11 is 0. The molecule has 0 aromatic carbocycles. The summed E-state index contributed by atoms with van der Waals surface area (Å²) in [6, 6.07) is 1.41. The van der Waals surface area contributed by atoms with Gasteiger partial charge < -0.3 is 9.47 Å². The zero-order valence-corrected chi connectivity index (χ0v) is 11.1. The Morgan fingerprint density at radius 3 is 2.50 bits per heavy atom. The highest BCUT2D eigenvalue weighted by atomic mass is 16.6. The average Bonchev–Trinajstić information content (AvgIpc) is 2.55. The number of nitrogens with one attached hydrogen (secondary N) is 1. The monoisotopic (exact) mass is 255 g/mol. The van der Waals surface area contributed by atoms with E-state index in [9.17, 15) is 9.59 Å². The SMILES string of the molecule is COC(=O)c1cc(NC(=O)OC(C)(C)C)nn1C. The van der Waals surface area contributed by atoms with Gasteiger partial charge in [-0.3, -0.25) is 10.00 Å². The van der Waals surface area contributed by atoms with Crippen LogP contribution in [0.2, 0.25) is 0 Å². The lowest BCUT2D eigenvalue weighted by Crippen LogP contribution is -2.27. The molecule has 1 heterocycles. The van der Waals surface area contributed by atoms with Crippen molar-refractivity contribution in [2.45, 2.75) is 26.4 Å². The van der Waals surface area contributed by atoms with Crippen LogP contribution < -0.4 is 5.32 Å². The third-order valence-electron chi connectivity index (χ3n) is 1.90. The predicted molar refractivity (Wildman–Crippen MR) is 64.4 cm³/mol. The summed E-state index contributed by atoms with van der Waals surface area (Å²) in [6.07, 6.45) is -0.628. The van der Waals surface area contributed by atoms with Gasteiger partial charge in [0.2, 0.25) is 0 Å². The zero-order valence-electron chi connectivity index (χ0n) is 11.1. The average molecular weight is 255 g/mol. The first-order valence-electron chi connectivity index (χ1n) is 5.35. The number of anilines is 1. The molecule has 7 nitrogen and oxygen atoms in total. The Morgan fingerprint density at radius 1 is 1.39 bits per heavy atom. The van der Waals surface area contributed by atoms with Gasteiger partial charge in [0, 0.05) is 13.1 Å². The molecule has 0 atom stereocenters. The fourth-order valence-electron chi connectivity index (χ4n) is 1.23. The van der Waals surface area contributed by atoms with E-state index in [1.54, 1.807) is 27.8 Å². The van der Waals surface area contributed by atoms with Crippen LogP contribution in [0.4, 0.5) is 10.6 Å². The van der Waals surface area contributed by atoms with Gasteiger partial charge in [0.25, 0.3) is 0 Å². The number of nitrogens with zero attached hydrogens (tertiary/aromatic N) is 2. The van der Waals surface area contributed by atoms with Crippen molar-refractivity contribution in [3.63, 3.8) is 0 Å². The molecule has 0 saturated heterocycles. The number of hydrogen-bond acceptors (Lipinski definition) is 5. The van der Waals surface area contributed by atoms with Crippen molar-refractivity contribution in [3.05, 3.63) is 11.8 Å². The van der Waals surface area contributed by atoms with Crippen LogP contribution in [0.1, 0.15) is 31.3 Å². The Bertz CT molecular complexity index is 459. The number of carbonyl (C=O) groups excluding carboxylic acids is 2. The Morgan fingerprint density at radius 2 is 2.00 bits per heavy atom. The van der Waals surface area contributed by atoms with Crippen LogP contribution in [-0.2, 0) is 16.5 Å². The molecule has 1 N–H and O–H groups in total. The largest absolute Gasteiger partial charge is 0.464 e. The van der Waals surface area contributed by atoms with Gasteiger partial charge in [-0.2, -0.15) is 5.10 Å². The van der Waals surface area contributed by atoms with E-state index in [0.29, 0.717) is 0 Å². The standard InChI is InChI=1S/C11H17N3O4/c1-11(2,3)18-10(16)12-8-6-7(9(15)17-5)14(4)13-8/h6H,1-5H3,(H,12,13,16). The van der Waals surface area contributed by atoms with Crippen LogP contribution >= 0.6 is 0 Å². The summed E-state index contributed by atoms with van der Waals surface area (Å²) in [7, 11) is 2.85. The lowest BCUT2D eigenvalue weighted by molar-refractivity contribution is 0.0586. The maximum atomic E-state index is 11.5. The smallest absolute Gasteiger partial charge is 0.413 e. The molecule has 0 aliphatic rings. The minimum atomic E-state index is -0.628. The fourth-order valence-corrected chi connectivity index (χ4v) is 1.23. The first-order valence-corrected chi connectivity index (χ1v) is 5.35. The molecule has 1 aromatic rings. The number of esters is 1. The van der Waals surface area contributed by atoms with Gasteiger partial charge in [-0.1, -0.05) is 0 Å². The summed E-state index contributed by atoms with van der Waals surface area (Å²) in [5.74, 6) is -0.297. The van der Waals surface area contributed by atoms with Crippen LogP contribution in [0.5, 0.6) is 0 Å². The van der Waals surface area contributed by atoms with Crippen LogP contribution in [-0.4, -0.2) is 34.6 Å². The highest BCUT2D eigenvalue weighted by molar-refractivity contribution is 5.90. The second-order valence-electron chi connectivity index (χ2n) is 4.66. The summed E-state index contributed by atoms with van der Waals surface area (Å²) in [4.78, 5) is 22.8. The fraction of sp³-hybridized carbons (Fsp3) is 0.545. The molecular weight excluding hydrogens is 238 g/mol. The van der Waals surface area contributed by atoms with Crippen molar-refractivity contribution in [2.75, 3.05) is 12.4 Å². The minimum Gasteiger partial charge on any atom is -0.464 e. The third-order valence-corrected chi connectivity index (χ3v) is 1.90. The maximum absolute atomic E-state index is 11.5. The number of rotatable bonds is 2. The highest BCUT2D eigenvalue weighted by Crippen LogP contribution is 2.12. The molecule has 0 bridgehead atoms. The van der Waals surface area contributed by atoms with E-state index in [2.05, 4.69) is 15.2 Å².